The third-order valence-corrected chi connectivity index (χ3v) is 3.48. The summed E-state index contributed by atoms with van der Waals surface area (Å²) in [7, 11) is -4.68. The molecular formula is C15H11FO3S. The molecular weight excluding hydrogens is 279 g/mol. The highest BCUT2D eigenvalue weighted by Gasteiger charge is 2.10. The van der Waals surface area contributed by atoms with E-state index in [1.54, 1.807) is 30.3 Å². The summed E-state index contributed by atoms with van der Waals surface area (Å²) in [4.78, 5) is 11.4. The maximum absolute atomic E-state index is 12.7. The summed E-state index contributed by atoms with van der Waals surface area (Å²) < 4.78 is 34.0. The summed E-state index contributed by atoms with van der Waals surface area (Å²) in [6.45, 7) is 0. The van der Waals surface area contributed by atoms with Gasteiger partial charge in [0, 0.05) is 5.56 Å². The van der Waals surface area contributed by atoms with Crippen LogP contribution in [0.5, 0.6) is 0 Å². The molecule has 20 heavy (non-hydrogen) atoms. The smallest absolute Gasteiger partial charge is 0.289 e. The maximum atomic E-state index is 12.7. The molecule has 102 valence electrons. The molecule has 2 aromatic carbocycles. The highest BCUT2D eigenvalue weighted by atomic mass is 32.3. The van der Waals surface area contributed by atoms with Gasteiger partial charge in [-0.3, -0.25) is 4.79 Å². The van der Waals surface area contributed by atoms with E-state index in [0.717, 1.165) is 12.1 Å². The second kappa shape index (κ2) is 5.79. The number of halogens is 1. The Morgan fingerprint density at radius 3 is 2.10 bits per heavy atom. The van der Waals surface area contributed by atoms with Gasteiger partial charge in [0.15, 0.2) is 5.78 Å². The molecule has 0 aliphatic carbocycles. The molecule has 0 N–H and O–H groups in total. The largest absolute Gasteiger partial charge is 0.332 e. The molecule has 0 aliphatic heterocycles. The summed E-state index contributed by atoms with van der Waals surface area (Å²) in [6, 6.07) is 13.9. The van der Waals surface area contributed by atoms with Crippen molar-refractivity contribution in [1.82, 2.24) is 0 Å². The lowest BCUT2D eigenvalue weighted by Crippen LogP contribution is -1.93. The van der Waals surface area contributed by atoms with Crippen molar-refractivity contribution in [1.29, 1.82) is 0 Å². The average Bonchev–Trinajstić information content (AvgIpc) is 2.45. The Hall–Kier alpha value is -2.27. The number of rotatable bonds is 4. The van der Waals surface area contributed by atoms with Crippen LogP contribution in [0, 0.1) is 0 Å². The second-order valence-corrected chi connectivity index (χ2v) is 5.42. The first-order chi connectivity index (χ1) is 9.47. The summed E-state index contributed by atoms with van der Waals surface area (Å²) in [6.07, 6.45) is 2.93. The summed E-state index contributed by atoms with van der Waals surface area (Å²) >= 11 is 0. The van der Waals surface area contributed by atoms with Crippen molar-refractivity contribution in [2.75, 3.05) is 0 Å². The Morgan fingerprint density at radius 2 is 1.55 bits per heavy atom. The van der Waals surface area contributed by atoms with Crippen molar-refractivity contribution in [3.8, 4) is 0 Å². The van der Waals surface area contributed by atoms with E-state index in [1.165, 1.54) is 18.2 Å². The van der Waals surface area contributed by atoms with E-state index in [9.17, 15) is 17.1 Å². The van der Waals surface area contributed by atoms with Crippen molar-refractivity contribution in [3.63, 3.8) is 0 Å². The molecule has 0 aromatic heterocycles. The molecule has 0 heterocycles. The van der Waals surface area contributed by atoms with Gasteiger partial charge >= 0.3 is 10.2 Å². The second-order valence-electron chi connectivity index (χ2n) is 4.07. The fourth-order valence-electron chi connectivity index (χ4n) is 1.61. The van der Waals surface area contributed by atoms with Gasteiger partial charge in [0.05, 0.1) is 4.90 Å². The predicted molar refractivity (Wildman–Crippen MR) is 74.5 cm³/mol. The molecule has 2 rings (SSSR count). The number of allylic oxidation sites excluding steroid dienone is 1. The Labute approximate surface area is 116 Å². The third-order valence-electron chi connectivity index (χ3n) is 2.65. The average molecular weight is 290 g/mol. The number of hydrogen-bond donors (Lipinski definition) is 0. The number of benzene rings is 2. The molecule has 0 atom stereocenters. The molecule has 0 aliphatic rings. The highest BCUT2D eigenvalue weighted by molar-refractivity contribution is 7.86. The number of ketones is 1. The fourth-order valence-corrected chi connectivity index (χ4v) is 2.07. The Kier molecular flexibility index (Phi) is 4.10. The molecule has 0 spiro atoms. The van der Waals surface area contributed by atoms with Gasteiger partial charge in [-0.25, -0.2) is 0 Å². The van der Waals surface area contributed by atoms with Crippen molar-refractivity contribution in [2.24, 2.45) is 0 Å². The lowest BCUT2D eigenvalue weighted by molar-refractivity contribution is 0.104. The van der Waals surface area contributed by atoms with Gasteiger partial charge in [0.2, 0.25) is 0 Å². The van der Waals surface area contributed by atoms with E-state index in [-0.39, 0.29) is 5.78 Å². The molecule has 0 saturated carbocycles. The molecule has 3 nitrogen and oxygen atoms in total. The first kappa shape index (κ1) is 14.1. The van der Waals surface area contributed by atoms with E-state index >= 15 is 0 Å². The normalized spacial score (nSPS) is 11.7. The van der Waals surface area contributed by atoms with Crippen LogP contribution in [0.3, 0.4) is 0 Å². The van der Waals surface area contributed by atoms with E-state index in [0.29, 0.717) is 11.1 Å². The standard InChI is InChI=1S/C15H11FO3S/c16-20(18,19)14-9-6-12(7-10-14)8-11-15(17)13-4-2-1-3-5-13/h1-11H/b11-8+. The minimum absolute atomic E-state index is 0.159. The first-order valence-corrected chi connectivity index (χ1v) is 7.17. The van der Waals surface area contributed by atoms with Crippen molar-refractivity contribution in [2.45, 2.75) is 4.90 Å². The van der Waals surface area contributed by atoms with Crippen LogP contribution >= 0.6 is 0 Å². The zero-order valence-corrected chi connectivity index (χ0v) is 11.2. The van der Waals surface area contributed by atoms with Gasteiger partial charge in [-0.2, -0.15) is 8.42 Å². The van der Waals surface area contributed by atoms with Crippen LogP contribution in [-0.4, -0.2) is 14.2 Å². The summed E-state index contributed by atoms with van der Waals surface area (Å²) in [5, 5.41) is 0. The molecule has 2 aromatic rings. The van der Waals surface area contributed by atoms with E-state index in [2.05, 4.69) is 0 Å². The predicted octanol–water partition coefficient (Wildman–Crippen LogP) is 3.24. The van der Waals surface area contributed by atoms with E-state index < -0.39 is 15.1 Å². The fraction of sp³-hybridized carbons (Fsp3) is 0. The van der Waals surface area contributed by atoms with Crippen LogP contribution < -0.4 is 0 Å². The van der Waals surface area contributed by atoms with Gasteiger partial charge in [0.1, 0.15) is 0 Å². The van der Waals surface area contributed by atoms with Crippen LogP contribution in [0.15, 0.2) is 65.6 Å². The van der Waals surface area contributed by atoms with Crippen LogP contribution in [0.25, 0.3) is 6.08 Å². The zero-order valence-electron chi connectivity index (χ0n) is 10.4. The first-order valence-electron chi connectivity index (χ1n) is 5.79. The quantitative estimate of drug-likeness (QED) is 0.493. The summed E-state index contributed by atoms with van der Waals surface area (Å²) in [5.74, 6) is -0.159. The number of carbonyl (C=O) groups excluding carboxylic acids is 1. The van der Waals surface area contributed by atoms with Crippen molar-refractivity contribution < 1.29 is 17.1 Å². The molecule has 0 bridgehead atoms. The van der Waals surface area contributed by atoms with Gasteiger partial charge in [-0.15, -0.1) is 3.89 Å². The molecule has 0 amide bonds. The SMILES string of the molecule is O=C(/C=C/c1ccc(S(=O)(=O)F)cc1)c1ccccc1. The molecule has 0 unspecified atom stereocenters. The van der Waals surface area contributed by atoms with Gasteiger partial charge in [-0.05, 0) is 23.8 Å². The minimum atomic E-state index is -4.68. The van der Waals surface area contributed by atoms with Gasteiger partial charge < -0.3 is 0 Å². The monoisotopic (exact) mass is 290 g/mol. The van der Waals surface area contributed by atoms with Crippen molar-refractivity contribution in [3.05, 3.63) is 71.8 Å². The van der Waals surface area contributed by atoms with Crippen molar-refractivity contribution >= 4 is 22.1 Å². The Bertz CT molecular complexity index is 732. The molecule has 0 saturated heterocycles. The van der Waals surface area contributed by atoms with E-state index in [1.807, 2.05) is 6.07 Å². The highest BCUT2D eigenvalue weighted by Crippen LogP contribution is 2.14. The molecule has 0 radical (unpaired) electrons. The zero-order chi connectivity index (χ0) is 14.6. The van der Waals surface area contributed by atoms with Crippen LogP contribution in [0.4, 0.5) is 3.89 Å². The third kappa shape index (κ3) is 3.61. The lowest BCUT2D eigenvalue weighted by atomic mass is 10.1. The Morgan fingerprint density at radius 1 is 0.950 bits per heavy atom. The maximum Gasteiger partial charge on any atom is 0.332 e. The van der Waals surface area contributed by atoms with Gasteiger partial charge in [0.25, 0.3) is 0 Å². The topological polar surface area (TPSA) is 51.2 Å². The molecule has 0 fully saturated rings. The Balaban J connectivity index is 2.15. The number of carbonyl (C=O) groups is 1. The molecule has 5 heteroatoms. The lowest BCUT2D eigenvalue weighted by Gasteiger charge is -1.97. The number of hydrogen-bond acceptors (Lipinski definition) is 3. The minimum Gasteiger partial charge on any atom is -0.289 e. The van der Waals surface area contributed by atoms with Crippen LogP contribution in [-0.2, 0) is 10.2 Å². The van der Waals surface area contributed by atoms with Crippen LogP contribution in [0.2, 0.25) is 0 Å². The summed E-state index contributed by atoms with van der Waals surface area (Å²) in [5.41, 5.74) is 1.17. The van der Waals surface area contributed by atoms with Gasteiger partial charge in [-0.1, -0.05) is 48.5 Å². The van der Waals surface area contributed by atoms with E-state index in [4.69, 9.17) is 0 Å². The van der Waals surface area contributed by atoms with Crippen LogP contribution in [0.1, 0.15) is 15.9 Å².